The molecule has 0 atom stereocenters. The number of aryl methyl sites for hydroxylation is 1. The van der Waals surface area contributed by atoms with Crippen molar-refractivity contribution in [2.24, 2.45) is 0 Å². The zero-order valence-corrected chi connectivity index (χ0v) is 19.0. The number of benzene rings is 2. The van der Waals surface area contributed by atoms with E-state index in [1.54, 1.807) is 37.3 Å². The van der Waals surface area contributed by atoms with Gasteiger partial charge in [0.1, 0.15) is 6.07 Å². The van der Waals surface area contributed by atoms with E-state index >= 15 is 0 Å². The number of amides is 2. The first-order valence-electron chi connectivity index (χ1n) is 11.0. The summed E-state index contributed by atoms with van der Waals surface area (Å²) in [5, 5.41) is 27.6. The van der Waals surface area contributed by atoms with Crippen LogP contribution in [0.5, 0.6) is 0 Å². The van der Waals surface area contributed by atoms with Gasteiger partial charge >= 0.3 is 6.09 Å². The molecule has 1 aromatic heterocycles. The highest BCUT2D eigenvalue weighted by Crippen LogP contribution is 2.34. The molecule has 1 aliphatic rings. The molecule has 0 spiro atoms. The number of rotatable bonds is 7. The summed E-state index contributed by atoms with van der Waals surface area (Å²) in [6.07, 6.45) is 0.170. The molecule has 0 unspecified atom stereocenters. The van der Waals surface area contributed by atoms with Crippen LogP contribution >= 0.6 is 0 Å². The molecule has 0 radical (unpaired) electrons. The second-order valence-electron chi connectivity index (χ2n) is 8.21. The number of hydrogen-bond acceptors (Lipinski definition) is 7. The highest BCUT2D eigenvalue weighted by atomic mass is 16.5. The molecule has 10 nitrogen and oxygen atoms in total. The largest absolute Gasteiger partial charge is 0.465 e. The lowest BCUT2D eigenvalue weighted by molar-refractivity contribution is -0.115. The molecule has 0 aliphatic carbocycles. The van der Waals surface area contributed by atoms with Crippen LogP contribution in [-0.4, -0.2) is 41.1 Å². The standard InChI is InChI=1S/C25H23N5O5/c1-15-9-23(35-29-15)17-6-4-5-16(10-17)22(31)13-24(32)27-19-11-18(14-26)21(30-7-2-3-8-30)12-20(19)28-25(33)34/h4-6,9-12,28H,2-3,7-8,13H2,1H3,(H,27,32)(H,33,34). The number of nitrogens with zero attached hydrogens (tertiary/aromatic N) is 3. The van der Waals surface area contributed by atoms with Crippen molar-refractivity contribution in [3.05, 3.63) is 59.3 Å². The van der Waals surface area contributed by atoms with Crippen LogP contribution in [0.3, 0.4) is 0 Å². The number of carboxylic acid groups (broad SMARTS) is 1. The molecule has 2 heterocycles. The van der Waals surface area contributed by atoms with E-state index in [4.69, 9.17) is 4.52 Å². The maximum Gasteiger partial charge on any atom is 0.409 e. The molecule has 35 heavy (non-hydrogen) atoms. The van der Waals surface area contributed by atoms with Gasteiger partial charge in [0.15, 0.2) is 11.5 Å². The first-order chi connectivity index (χ1) is 16.8. The Morgan fingerprint density at radius 3 is 2.51 bits per heavy atom. The van der Waals surface area contributed by atoms with Crippen LogP contribution in [0.2, 0.25) is 0 Å². The van der Waals surface area contributed by atoms with Gasteiger partial charge in [-0.3, -0.25) is 14.9 Å². The molecule has 178 valence electrons. The third-order valence-electron chi connectivity index (χ3n) is 5.64. The van der Waals surface area contributed by atoms with Gasteiger partial charge < -0.3 is 19.8 Å². The second-order valence-corrected chi connectivity index (χ2v) is 8.21. The van der Waals surface area contributed by atoms with E-state index < -0.39 is 24.2 Å². The Morgan fingerprint density at radius 2 is 1.86 bits per heavy atom. The minimum atomic E-state index is -1.31. The van der Waals surface area contributed by atoms with Gasteiger partial charge in [-0.25, -0.2) is 4.79 Å². The van der Waals surface area contributed by atoms with E-state index in [0.717, 1.165) is 25.9 Å². The lowest BCUT2D eigenvalue weighted by Crippen LogP contribution is -2.21. The van der Waals surface area contributed by atoms with E-state index in [0.29, 0.717) is 33.8 Å². The molecular weight excluding hydrogens is 450 g/mol. The lowest BCUT2D eigenvalue weighted by atomic mass is 10.0. The van der Waals surface area contributed by atoms with Crippen molar-refractivity contribution in [3.8, 4) is 17.4 Å². The number of ketones is 1. The number of Topliss-reactive ketones (excluding diaryl/α,β-unsaturated/α-hetero) is 1. The quantitative estimate of drug-likeness (QED) is 0.337. The summed E-state index contributed by atoms with van der Waals surface area (Å²) in [4.78, 5) is 38.8. The number of nitriles is 1. The van der Waals surface area contributed by atoms with Gasteiger partial charge in [0.2, 0.25) is 5.91 Å². The van der Waals surface area contributed by atoms with Crippen molar-refractivity contribution in [3.63, 3.8) is 0 Å². The third-order valence-corrected chi connectivity index (χ3v) is 5.64. The zero-order valence-electron chi connectivity index (χ0n) is 19.0. The number of carbonyl (C=O) groups is 3. The molecule has 0 saturated carbocycles. The number of carbonyl (C=O) groups excluding carboxylic acids is 2. The van der Waals surface area contributed by atoms with Crippen LogP contribution in [0.25, 0.3) is 11.3 Å². The fraction of sp³-hybridized carbons (Fsp3) is 0.240. The van der Waals surface area contributed by atoms with Gasteiger partial charge in [-0.1, -0.05) is 23.4 Å². The molecule has 2 amide bonds. The Bertz CT molecular complexity index is 1330. The molecular formula is C25H23N5O5. The van der Waals surface area contributed by atoms with Crippen molar-refractivity contribution in [2.45, 2.75) is 26.2 Å². The summed E-state index contributed by atoms with van der Waals surface area (Å²) in [5.41, 5.74) is 2.81. The van der Waals surface area contributed by atoms with Crippen molar-refractivity contribution >= 4 is 34.8 Å². The van der Waals surface area contributed by atoms with Crippen molar-refractivity contribution in [1.29, 1.82) is 5.26 Å². The fourth-order valence-electron chi connectivity index (χ4n) is 4.01. The topological polar surface area (TPSA) is 149 Å². The first-order valence-corrected chi connectivity index (χ1v) is 11.0. The summed E-state index contributed by atoms with van der Waals surface area (Å²) < 4.78 is 5.23. The average molecular weight is 473 g/mol. The van der Waals surface area contributed by atoms with Gasteiger partial charge in [-0.15, -0.1) is 0 Å². The van der Waals surface area contributed by atoms with Gasteiger partial charge in [-0.05, 0) is 38.0 Å². The Labute approximate surface area is 201 Å². The smallest absolute Gasteiger partial charge is 0.409 e. The number of aromatic nitrogens is 1. The van der Waals surface area contributed by atoms with E-state index in [9.17, 15) is 24.8 Å². The summed E-state index contributed by atoms with van der Waals surface area (Å²) in [5.74, 6) is -0.558. The van der Waals surface area contributed by atoms with Crippen molar-refractivity contribution < 1.29 is 24.0 Å². The lowest BCUT2D eigenvalue weighted by Gasteiger charge is -2.22. The highest BCUT2D eigenvalue weighted by molar-refractivity contribution is 6.12. The SMILES string of the molecule is Cc1cc(-c2cccc(C(=O)CC(=O)Nc3cc(C#N)c(N4CCCC4)cc3NC(=O)O)c2)on1. The molecule has 2 aromatic carbocycles. The molecule has 1 saturated heterocycles. The number of nitrogens with one attached hydrogen (secondary N) is 2. The van der Waals surface area contributed by atoms with Gasteiger partial charge in [0, 0.05) is 30.3 Å². The normalized spacial score (nSPS) is 12.7. The Balaban J connectivity index is 1.53. The molecule has 10 heteroatoms. The molecule has 1 fully saturated rings. The van der Waals surface area contributed by atoms with Crippen LogP contribution in [0.1, 0.15) is 40.9 Å². The minimum Gasteiger partial charge on any atom is -0.465 e. The Hall–Kier alpha value is -4.65. The molecule has 0 bridgehead atoms. The van der Waals surface area contributed by atoms with Crippen molar-refractivity contribution in [1.82, 2.24) is 5.16 Å². The zero-order chi connectivity index (χ0) is 24.9. The average Bonchev–Trinajstić information content (AvgIpc) is 3.51. The van der Waals surface area contributed by atoms with Crippen molar-refractivity contribution in [2.75, 3.05) is 28.6 Å². The van der Waals surface area contributed by atoms with Crippen LogP contribution in [-0.2, 0) is 4.79 Å². The molecule has 1 aliphatic heterocycles. The summed E-state index contributed by atoms with van der Waals surface area (Å²) in [6.45, 7) is 3.30. The molecule has 3 N–H and O–H groups in total. The maximum absolute atomic E-state index is 12.8. The van der Waals surface area contributed by atoms with Crippen LogP contribution in [0, 0.1) is 18.3 Å². The summed E-state index contributed by atoms with van der Waals surface area (Å²) in [7, 11) is 0. The predicted molar refractivity (Wildman–Crippen MR) is 129 cm³/mol. The van der Waals surface area contributed by atoms with E-state index in [1.165, 1.54) is 12.1 Å². The van der Waals surface area contributed by atoms with Gasteiger partial charge in [0.05, 0.1) is 34.7 Å². The Morgan fingerprint density at radius 1 is 1.11 bits per heavy atom. The number of anilines is 3. The number of hydrogen-bond donors (Lipinski definition) is 3. The van der Waals surface area contributed by atoms with E-state index in [-0.39, 0.29) is 11.4 Å². The monoisotopic (exact) mass is 473 g/mol. The van der Waals surface area contributed by atoms with Crippen LogP contribution in [0.15, 0.2) is 47.0 Å². The fourth-order valence-corrected chi connectivity index (χ4v) is 4.01. The molecule has 3 aromatic rings. The van der Waals surface area contributed by atoms with Crippen LogP contribution < -0.4 is 15.5 Å². The summed E-state index contributed by atoms with van der Waals surface area (Å²) in [6, 6.07) is 13.5. The first kappa shape index (κ1) is 23.5. The van der Waals surface area contributed by atoms with Gasteiger partial charge in [-0.2, -0.15) is 5.26 Å². The predicted octanol–water partition coefficient (Wildman–Crippen LogP) is 4.42. The molecule has 4 rings (SSSR count). The second kappa shape index (κ2) is 10.1. The maximum atomic E-state index is 12.8. The Kier molecular flexibility index (Phi) is 6.78. The van der Waals surface area contributed by atoms with Crippen LogP contribution in [0.4, 0.5) is 21.9 Å². The minimum absolute atomic E-state index is 0.107. The third kappa shape index (κ3) is 5.47. The van der Waals surface area contributed by atoms with E-state index in [1.807, 2.05) is 4.90 Å². The summed E-state index contributed by atoms with van der Waals surface area (Å²) >= 11 is 0. The van der Waals surface area contributed by atoms with E-state index in [2.05, 4.69) is 21.9 Å². The van der Waals surface area contributed by atoms with Gasteiger partial charge in [0.25, 0.3) is 0 Å². The highest BCUT2D eigenvalue weighted by Gasteiger charge is 2.21.